The van der Waals surface area contributed by atoms with Crippen molar-refractivity contribution in [3.05, 3.63) is 52.7 Å². The van der Waals surface area contributed by atoms with Gasteiger partial charge in [0.25, 0.3) is 0 Å². The van der Waals surface area contributed by atoms with E-state index >= 15 is 0 Å². The predicted octanol–water partition coefficient (Wildman–Crippen LogP) is 9.57. The van der Waals surface area contributed by atoms with Crippen LogP contribution in [0.15, 0.2) is 47.3 Å². The second-order valence-corrected chi connectivity index (χ2v) is 10.5. The van der Waals surface area contributed by atoms with Crippen LogP contribution in [0.3, 0.4) is 0 Å². The SMILES string of the molecule is CCCCCCCCCCCCCCn1c(-c2ccccc2)c(OCC)c(=O)c2c(OCC)cc(OCC)cc21. The molecule has 3 rings (SSSR count). The number of aromatic nitrogens is 1. The summed E-state index contributed by atoms with van der Waals surface area (Å²) < 4.78 is 20.2. The smallest absolute Gasteiger partial charge is 0.235 e. The van der Waals surface area contributed by atoms with Crippen molar-refractivity contribution in [1.82, 2.24) is 4.57 Å². The molecule has 0 saturated heterocycles. The Hall–Kier alpha value is -2.95. The van der Waals surface area contributed by atoms with Crippen LogP contribution in [0.4, 0.5) is 0 Å². The number of aryl methyl sites for hydroxylation is 1. The van der Waals surface area contributed by atoms with Gasteiger partial charge in [0.1, 0.15) is 11.5 Å². The van der Waals surface area contributed by atoms with E-state index in [1.165, 1.54) is 64.2 Å². The molecule has 3 aromatic rings. The maximum atomic E-state index is 13.9. The zero-order valence-corrected chi connectivity index (χ0v) is 25.4. The van der Waals surface area contributed by atoms with Crippen molar-refractivity contribution >= 4 is 10.9 Å². The first kappa shape index (κ1) is 31.6. The van der Waals surface area contributed by atoms with Gasteiger partial charge < -0.3 is 18.8 Å². The zero-order chi connectivity index (χ0) is 28.6. The van der Waals surface area contributed by atoms with Gasteiger partial charge in [-0.2, -0.15) is 0 Å². The molecule has 5 nitrogen and oxygen atoms in total. The summed E-state index contributed by atoms with van der Waals surface area (Å²) in [5.41, 5.74) is 2.51. The fourth-order valence-electron chi connectivity index (χ4n) is 5.51. The Kier molecular flexibility index (Phi) is 14.0. The first-order valence-corrected chi connectivity index (χ1v) is 15.8. The van der Waals surface area contributed by atoms with Gasteiger partial charge in [-0.15, -0.1) is 0 Å². The Morgan fingerprint density at radius 3 is 1.80 bits per heavy atom. The molecule has 0 spiro atoms. The Bertz CT molecular complexity index is 1200. The average Bonchev–Trinajstić information content (AvgIpc) is 2.96. The van der Waals surface area contributed by atoms with Crippen LogP contribution in [0.1, 0.15) is 105 Å². The molecule has 0 unspecified atom stereocenters. The Labute approximate surface area is 241 Å². The van der Waals surface area contributed by atoms with Crippen LogP contribution < -0.4 is 19.6 Å². The van der Waals surface area contributed by atoms with E-state index in [9.17, 15) is 4.79 Å². The molecule has 0 amide bonds. The van der Waals surface area contributed by atoms with Gasteiger partial charge in [-0.25, -0.2) is 0 Å². The number of benzene rings is 2. The lowest BCUT2D eigenvalue weighted by molar-refractivity contribution is 0.324. The van der Waals surface area contributed by atoms with Crippen LogP contribution in [0.25, 0.3) is 22.2 Å². The molecule has 0 bridgehead atoms. The number of unbranched alkanes of at least 4 members (excludes halogenated alkanes) is 11. The summed E-state index contributed by atoms with van der Waals surface area (Å²) in [4.78, 5) is 13.9. The van der Waals surface area contributed by atoms with E-state index < -0.39 is 0 Å². The fourth-order valence-corrected chi connectivity index (χ4v) is 5.51. The third kappa shape index (κ3) is 8.78. The van der Waals surface area contributed by atoms with Crippen molar-refractivity contribution in [3.8, 4) is 28.5 Å². The standard InChI is InChI=1S/C35H51NO4/c1-5-9-10-11-12-13-14-15-16-17-18-22-25-36-30-26-29(38-6-2)27-31(39-7-3)32(30)34(37)35(40-8-4)33(36)28-23-20-19-21-24-28/h19-21,23-24,26-27H,5-18,22,25H2,1-4H3. The molecule has 40 heavy (non-hydrogen) atoms. The molecule has 1 aromatic heterocycles. The number of ether oxygens (including phenoxy) is 3. The lowest BCUT2D eigenvalue weighted by Gasteiger charge is -2.22. The molecule has 0 atom stereocenters. The quantitative estimate of drug-likeness (QED) is 0.132. The first-order chi connectivity index (χ1) is 19.7. The molecule has 0 radical (unpaired) electrons. The third-order valence-corrected chi connectivity index (χ3v) is 7.45. The zero-order valence-electron chi connectivity index (χ0n) is 25.4. The van der Waals surface area contributed by atoms with Gasteiger partial charge >= 0.3 is 0 Å². The maximum absolute atomic E-state index is 13.9. The highest BCUT2D eigenvalue weighted by Gasteiger charge is 2.23. The first-order valence-electron chi connectivity index (χ1n) is 15.8. The van der Waals surface area contributed by atoms with E-state index in [0.29, 0.717) is 42.5 Å². The predicted molar refractivity (Wildman–Crippen MR) is 168 cm³/mol. The molecular weight excluding hydrogens is 498 g/mol. The maximum Gasteiger partial charge on any atom is 0.235 e. The Balaban J connectivity index is 1.86. The largest absolute Gasteiger partial charge is 0.494 e. The fraction of sp³-hybridized carbons (Fsp3) is 0.571. The van der Waals surface area contributed by atoms with Gasteiger partial charge in [-0.1, -0.05) is 108 Å². The van der Waals surface area contributed by atoms with Crippen molar-refractivity contribution in [3.63, 3.8) is 0 Å². The van der Waals surface area contributed by atoms with Crippen molar-refractivity contribution < 1.29 is 14.2 Å². The van der Waals surface area contributed by atoms with Crippen LogP contribution >= 0.6 is 0 Å². The molecule has 2 aromatic carbocycles. The Morgan fingerprint density at radius 1 is 0.650 bits per heavy atom. The summed E-state index contributed by atoms with van der Waals surface area (Å²) in [7, 11) is 0. The number of rotatable bonds is 20. The highest BCUT2D eigenvalue weighted by atomic mass is 16.5. The number of hydrogen-bond acceptors (Lipinski definition) is 4. The van der Waals surface area contributed by atoms with Crippen molar-refractivity contribution in [2.75, 3.05) is 19.8 Å². The third-order valence-electron chi connectivity index (χ3n) is 7.45. The lowest BCUT2D eigenvalue weighted by atomic mass is 10.0. The molecule has 1 heterocycles. The monoisotopic (exact) mass is 549 g/mol. The molecular formula is C35H51NO4. The number of hydrogen-bond donors (Lipinski definition) is 0. The van der Waals surface area contributed by atoms with Crippen LogP contribution in [0.2, 0.25) is 0 Å². The lowest BCUT2D eigenvalue weighted by Crippen LogP contribution is -2.18. The number of fused-ring (bicyclic) bond motifs is 1. The minimum absolute atomic E-state index is 0.131. The van der Waals surface area contributed by atoms with Gasteiger partial charge in [-0.05, 0) is 27.2 Å². The molecule has 0 N–H and O–H groups in total. The van der Waals surface area contributed by atoms with Gasteiger partial charge in [0.2, 0.25) is 5.43 Å². The van der Waals surface area contributed by atoms with E-state index in [0.717, 1.165) is 36.2 Å². The molecule has 220 valence electrons. The summed E-state index contributed by atoms with van der Waals surface area (Å²) in [6, 6.07) is 14.0. The van der Waals surface area contributed by atoms with Crippen LogP contribution in [0, 0.1) is 0 Å². The van der Waals surface area contributed by atoms with Crippen LogP contribution in [-0.2, 0) is 6.54 Å². The van der Waals surface area contributed by atoms with E-state index in [2.05, 4.69) is 23.6 Å². The highest BCUT2D eigenvalue weighted by molar-refractivity contribution is 5.91. The van der Waals surface area contributed by atoms with Gasteiger partial charge in [-0.3, -0.25) is 4.79 Å². The topological polar surface area (TPSA) is 49.7 Å². The van der Waals surface area contributed by atoms with Gasteiger partial charge in [0.15, 0.2) is 5.75 Å². The van der Waals surface area contributed by atoms with Crippen molar-refractivity contribution in [2.24, 2.45) is 0 Å². The van der Waals surface area contributed by atoms with E-state index in [1.807, 2.05) is 51.1 Å². The minimum atomic E-state index is -0.131. The summed E-state index contributed by atoms with van der Waals surface area (Å²) >= 11 is 0. The number of nitrogens with zero attached hydrogens (tertiary/aromatic N) is 1. The van der Waals surface area contributed by atoms with Crippen LogP contribution in [0.5, 0.6) is 17.2 Å². The number of pyridine rings is 1. The summed E-state index contributed by atoms with van der Waals surface area (Å²) in [6.45, 7) is 10.3. The molecule has 0 fully saturated rings. The molecule has 0 saturated carbocycles. The summed E-state index contributed by atoms with van der Waals surface area (Å²) in [5, 5.41) is 0.562. The van der Waals surface area contributed by atoms with E-state index in [1.54, 1.807) is 0 Å². The van der Waals surface area contributed by atoms with Crippen LogP contribution in [-0.4, -0.2) is 24.4 Å². The van der Waals surface area contributed by atoms with E-state index in [-0.39, 0.29) is 5.43 Å². The second kappa shape index (κ2) is 17.7. The minimum Gasteiger partial charge on any atom is -0.494 e. The van der Waals surface area contributed by atoms with Gasteiger partial charge in [0.05, 0.1) is 36.4 Å². The normalized spacial score (nSPS) is 11.2. The van der Waals surface area contributed by atoms with E-state index in [4.69, 9.17) is 14.2 Å². The summed E-state index contributed by atoms with van der Waals surface area (Å²) in [6.07, 6.45) is 15.6. The molecule has 0 aliphatic carbocycles. The second-order valence-electron chi connectivity index (χ2n) is 10.5. The Morgan fingerprint density at radius 2 is 1.23 bits per heavy atom. The van der Waals surface area contributed by atoms with Crippen molar-refractivity contribution in [2.45, 2.75) is 111 Å². The van der Waals surface area contributed by atoms with Crippen molar-refractivity contribution in [1.29, 1.82) is 0 Å². The molecule has 0 aliphatic rings. The van der Waals surface area contributed by atoms with Gasteiger partial charge in [0, 0.05) is 24.2 Å². The molecule has 0 aliphatic heterocycles. The summed E-state index contributed by atoms with van der Waals surface area (Å²) in [5.74, 6) is 1.66. The molecule has 5 heteroatoms. The average molecular weight is 550 g/mol. The highest BCUT2D eigenvalue weighted by Crippen LogP contribution is 2.37.